The van der Waals surface area contributed by atoms with Gasteiger partial charge in [-0.1, -0.05) is 0 Å². The Morgan fingerprint density at radius 1 is 1.29 bits per heavy atom. The lowest BCUT2D eigenvalue weighted by atomic mass is 10.2. The van der Waals surface area contributed by atoms with Crippen molar-refractivity contribution in [2.75, 3.05) is 0 Å². The van der Waals surface area contributed by atoms with E-state index >= 15 is 0 Å². The smallest absolute Gasteiger partial charge is 0.298 e. The van der Waals surface area contributed by atoms with Gasteiger partial charge in [0.1, 0.15) is 0 Å². The predicted octanol–water partition coefficient (Wildman–Crippen LogP) is 1.82. The SMILES string of the molecule is O=Cc1c(F)c(F)cc([N+](=O)[O-])c1F. The Bertz CT molecular complexity index is 419. The summed E-state index contributed by atoms with van der Waals surface area (Å²) in [5.74, 6) is -5.05. The molecule has 0 atom stereocenters. The van der Waals surface area contributed by atoms with Crippen LogP contribution < -0.4 is 0 Å². The molecule has 0 aliphatic heterocycles. The van der Waals surface area contributed by atoms with E-state index in [9.17, 15) is 28.1 Å². The van der Waals surface area contributed by atoms with Gasteiger partial charge in [0.2, 0.25) is 5.82 Å². The van der Waals surface area contributed by atoms with E-state index in [2.05, 4.69) is 0 Å². The summed E-state index contributed by atoms with van der Waals surface area (Å²) in [6, 6.07) is 0.0810. The average Bonchev–Trinajstić information content (AvgIpc) is 2.12. The van der Waals surface area contributed by atoms with Crippen LogP contribution in [0.4, 0.5) is 18.9 Å². The maximum atomic E-state index is 12.9. The fraction of sp³-hybridized carbons (Fsp3) is 0. The van der Waals surface area contributed by atoms with Crippen LogP contribution in [-0.4, -0.2) is 11.2 Å². The summed E-state index contributed by atoms with van der Waals surface area (Å²) in [5, 5.41) is 10.1. The molecular weight excluding hydrogens is 203 g/mol. The third-order valence-electron chi connectivity index (χ3n) is 1.49. The summed E-state index contributed by atoms with van der Waals surface area (Å²) >= 11 is 0. The van der Waals surface area contributed by atoms with Gasteiger partial charge in [-0.25, -0.2) is 8.78 Å². The first-order valence-corrected chi connectivity index (χ1v) is 3.26. The zero-order chi connectivity index (χ0) is 10.9. The number of nitro benzene ring substituents is 1. The molecule has 0 fully saturated rings. The van der Waals surface area contributed by atoms with Crippen LogP contribution in [0.1, 0.15) is 10.4 Å². The standard InChI is InChI=1S/C7H2F3NO3/c8-4-1-5(11(13)14)7(10)3(2-12)6(4)9/h1-2H. The van der Waals surface area contributed by atoms with Crippen LogP contribution in [0.25, 0.3) is 0 Å². The van der Waals surface area contributed by atoms with Gasteiger partial charge in [0.05, 0.1) is 16.6 Å². The molecule has 0 amide bonds. The molecule has 0 saturated heterocycles. The van der Waals surface area contributed by atoms with Crippen molar-refractivity contribution in [3.63, 3.8) is 0 Å². The number of carbonyl (C=O) groups excluding carboxylic acids is 1. The molecule has 7 heteroatoms. The number of nitrogens with zero attached hydrogens (tertiary/aromatic N) is 1. The van der Waals surface area contributed by atoms with Crippen LogP contribution in [0.2, 0.25) is 0 Å². The summed E-state index contributed by atoms with van der Waals surface area (Å²) in [6.45, 7) is 0. The molecule has 0 radical (unpaired) electrons. The van der Waals surface area contributed by atoms with Gasteiger partial charge in [0, 0.05) is 0 Å². The van der Waals surface area contributed by atoms with Crippen LogP contribution >= 0.6 is 0 Å². The fourth-order valence-corrected chi connectivity index (χ4v) is 0.846. The van der Waals surface area contributed by atoms with Gasteiger partial charge in [-0.15, -0.1) is 0 Å². The molecular formula is C7H2F3NO3. The number of rotatable bonds is 2. The third-order valence-corrected chi connectivity index (χ3v) is 1.49. The van der Waals surface area contributed by atoms with Crippen LogP contribution in [0.3, 0.4) is 0 Å². The van der Waals surface area contributed by atoms with Gasteiger partial charge in [-0.2, -0.15) is 4.39 Å². The lowest BCUT2D eigenvalue weighted by molar-refractivity contribution is -0.387. The van der Waals surface area contributed by atoms with E-state index in [1.54, 1.807) is 0 Å². The minimum atomic E-state index is -1.73. The first-order chi connectivity index (χ1) is 6.49. The van der Waals surface area contributed by atoms with Crippen LogP contribution in [0, 0.1) is 27.6 Å². The highest BCUT2D eigenvalue weighted by atomic mass is 19.2. The third kappa shape index (κ3) is 1.43. The number of hydrogen-bond donors (Lipinski definition) is 0. The Labute approximate surface area is 75.1 Å². The highest BCUT2D eigenvalue weighted by molar-refractivity contribution is 5.77. The first-order valence-electron chi connectivity index (χ1n) is 3.26. The van der Waals surface area contributed by atoms with E-state index in [1.165, 1.54) is 0 Å². The van der Waals surface area contributed by atoms with E-state index in [0.717, 1.165) is 0 Å². The van der Waals surface area contributed by atoms with E-state index in [0.29, 0.717) is 0 Å². The molecule has 1 aromatic carbocycles. The summed E-state index contributed by atoms with van der Waals surface area (Å²) in [6.07, 6.45) is -0.319. The zero-order valence-electron chi connectivity index (χ0n) is 6.46. The fourth-order valence-electron chi connectivity index (χ4n) is 0.846. The second-order valence-corrected chi connectivity index (χ2v) is 2.29. The molecule has 0 saturated carbocycles. The molecule has 0 spiro atoms. The van der Waals surface area contributed by atoms with E-state index in [4.69, 9.17) is 0 Å². The van der Waals surface area contributed by atoms with Gasteiger partial charge in [0.25, 0.3) is 0 Å². The Morgan fingerprint density at radius 3 is 2.29 bits per heavy atom. The number of halogens is 3. The Balaban J connectivity index is 3.58. The molecule has 14 heavy (non-hydrogen) atoms. The van der Waals surface area contributed by atoms with Gasteiger partial charge >= 0.3 is 5.69 Å². The Hall–Kier alpha value is -1.92. The molecule has 0 aliphatic rings. The number of hydrogen-bond acceptors (Lipinski definition) is 3. The lowest BCUT2D eigenvalue weighted by Gasteiger charge is -1.99. The molecule has 0 bridgehead atoms. The van der Waals surface area contributed by atoms with Crippen molar-refractivity contribution >= 4 is 12.0 Å². The molecule has 1 rings (SSSR count). The molecule has 4 nitrogen and oxygen atoms in total. The minimum absolute atomic E-state index is 0.0810. The van der Waals surface area contributed by atoms with Crippen LogP contribution in [0.5, 0.6) is 0 Å². The van der Waals surface area contributed by atoms with Gasteiger partial charge < -0.3 is 0 Å². The second-order valence-electron chi connectivity index (χ2n) is 2.29. The summed E-state index contributed by atoms with van der Waals surface area (Å²) < 4.78 is 38.1. The molecule has 0 aromatic heterocycles. The summed E-state index contributed by atoms with van der Waals surface area (Å²) in [5.41, 5.74) is -2.55. The predicted molar refractivity (Wildman–Crippen MR) is 38.4 cm³/mol. The number of benzene rings is 1. The summed E-state index contributed by atoms with van der Waals surface area (Å²) in [7, 11) is 0. The van der Waals surface area contributed by atoms with E-state index in [-0.39, 0.29) is 12.4 Å². The van der Waals surface area contributed by atoms with Gasteiger partial charge in [0.15, 0.2) is 17.9 Å². The number of aldehydes is 1. The maximum absolute atomic E-state index is 12.9. The quantitative estimate of drug-likeness (QED) is 0.320. The first kappa shape index (κ1) is 10.2. The van der Waals surface area contributed by atoms with Crippen LogP contribution in [0.15, 0.2) is 6.07 Å². The lowest BCUT2D eigenvalue weighted by Crippen LogP contribution is -2.02. The van der Waals surface area contributed by atoms with Crippen molar-refractivity contribution in [3.8, 4) is 0 Å². The largest absolute Gasteiger partial charge is 0.308 e. The highest BCUT2D eigenvalue weighted by Crippen LogP contribution is 2.24. The molecule has 74 valence electrons. The van der Waals surface area contributed by atoms with Crippen molar-refractivity contribution in [2.45, 2.75) is 0 Å². The van der Waals surface area contributed by atoms with Crippen molar-refractivity contribution < 1.29 is 22.9 Å². The maximum Gasteiger partial charge on any atom is 0.308 e. The van der Waals surface area contributed by atoms with Crippen molar-refractivity contribution in [1.29, 1.82) is 0 Å². The molecule has 1 aromatic rings. The van der Waals surface area contributed by atoms with Crippen molar-refractivity contribution in [3.05, 3.63) is 39.2 Å². The van der Waals surface area contributed by atoms with Gasteiger partial charge in [-0.05, 0) is 0 Å². The van der Waals surface area contributed by atoms with Crippen LogP contribution in [-0.2, 0) is 0 Å². The normalized spacial score (nSPS) is 9.93. The van der Waals surface area contributed by atoms with Gasteiger partial charge in [-0.3, -0.25) is 14.9 Å². The highest BCUT2D eigenvalue weighted by Gasteiger charge is 2.24. The molecule has 0 unspecified atom stereocenters. The Morgan fingerprint density at radius 2 is 1.86 bits per heavy atom. The number of nitro groups is 1. The molecule has 0 heterocycles. The Kier molecular flexibility index (Phi) is 2.50. The van der Waals surface area contributed by atoms with Crippen molar-refractivity contribution in [1.82, 2.24) is 0 Å². The average molecular weight is 205 g/mol. The van der Waals surface area contributed by atoms with E-state index < -0.39 is 33.6 Å². The number of carbonyl (C=O) groups is 1. The zero-order valence-corrected chi connectivity index (χ0v) is 6.46. The van der Waals surface area contributed by atoms with Crippen molar-refractivity contribution in [2.24, 2.45) is 0 Å². The molecule has 0 N–H and O–H groups in total. The summed E-state index contributed by atoms with van der Waals surface area (Å²) in [4.78, 5) is 19.0. The topological polar surface area (TPSA) is 60.2 Å². The minimum Gasteiger partial charge on any atom is -0.298 e. The molecule has 0 aliphatic carbocycles. The van der Waals surface area contributed by atoms with E-state index in [1.807, 2.05) is 0 Å². The monoisotopic (exact) mass is 205 g/mol. The second kappa shape index (κ2) is 3.44.